The molecule has 0 radical (unpaired) electrons. The van der Waals surface area contributed by atoms with Gasteiger partial charge < -0.3 is 39.4 Å². The molecule has 3 fully saturated rings. The second kappa shape index (κ2) is 14.8. The predicted octanol–water partition coefficient (Wildman–Crippen LogP) is 4.75. The molecule has 12 nitrogen and oxygen atoms in total. The standard InChI is InChI=1S/C37H56N4O8/c1-36(2,3)48-31(42)11-10-30(33(38)43)41-22-29-28(34(41)44)9-8-27(32(29)46-7)23-12-16-39(17-13-23)24-20-26(21-24)47-25-14-18-40(19-15-25)35(45)49-37(4,5)6/h8-9,23-26,30H,10-22H2,1-7H3,(H2,38,43)/t24-,26-,30?. The first kappa shape index (κ1) is 36.9. The van der Waals surface area contributed by atoms with Crippen LogP contribution in [0.3, 0.4) is 0 Å². The molecule has 1 unspecified atom stereocenters. The summed E-state index contributed by atoms with van der Waals surface area (Å²) in [4.78, 5) is 56.5. The van der Waals surface area contributed by atoms with Crippen molar-refractivity contribution in [3.05, 3.63) is 28.8 Å². The topological polar surface area (TPSA) is 141 Å². The van der Waals surface area contributed by atoms with E-state index in [9.17, 15) is 19.2 Å². The highest BCUT2D eigenvalue weighted by Gasteiger charge is 2.41. The average molecular weight is 685 g/mol. The molecular formula is C37H56N4O8. The second-order valence-corrected chi connectivity index (χ2v) is 16.1. The Morgan fingerprint density at radius 1 is 0.898 bits per heavy atom. The van der Waals surface area contributed by atoms with Gasteiger partial charge in [0.2, 0.25) is 5.91 Å². The van der Waals surface area contributed by atoms with Crippen LogP contribution in [0.15, 0.2) is 12.1 Å². The monoisotopic (exact) mass is 684 g/mol. The van der Waals surface area contributed by atoms with Crippen molar-refractivity contribution in [2.24, 2.45) is 5.73 Å². The van der Waals surface area contributed by atoms with Crippen LogP contribution >= 0.6 is 0 Å². The zero-order valence-corrected chi connectivity index (χ0v) is 30.4. The molecule has 2 saturated heterocycles. The minimum atomic E-state index is -0.927. The van der Waals surface area contributed by atoms with E-state index in [2.05, 4.69) is 4.90 Å². The molecule has 0 bridgehead atoms. The number of carbonyl (C=O) groups is 4. The van der Waals surface area contributed by atoms with Crippen molar-refractivity contribution < 1.29 is 38.1 Å². The van der Waals surface area contributed by atoms with Crippen molar-refractivity contribution in [1.29, 1.82) is 0 Å². The van der Waals surface area contributed by atoms with Gasteiger partial charge in [-0.3, -0.25) is 14.4 Å². The average Bonchev–Trinajstić information content (AvgIpc) is 3.32. The van der Waals surface area contributed by atoms with Gasteiger partial charge >= 0.3 is 12.1 Å². The number of nitrogens with zero attached hydrogens (tertiary/aromatic N) is 3. The number of amides is 3. The van der Waals surface area contributed by atoms with Crippen LogP contribution < -0.4 is 10.5 Å². The molecule has 0 spiro atoms. The van der Waals surface area contributed by atoms with Crippen molar-refractivity contribution in [2.45, 2.75) is 141 Å². The van der Waals surface area contributed by atoms with Crippen LogP contribution in [0.4, 0.5) is 4.79 Å². The normalized spacial score (nSPS) is 23.1. The summed E-state index contributed by atoms with van der Waals surface area (Å²) in [6, 6.07) is 3.44. The molecule has 49 heavy (non-hydrogen) atoms. The molecule has 0 aromatic heterocycles. The quantitative estimate of drug-likeness (QED) is 0.346. The molecule has 2 N–H and O–H groups in total. The molecule has 3 aliphatic heterocycles. The van der Waals surface area contributed by atoms with E-state index in [0.29, 0.717) is 36.4 Å². The number of hydrogen-bond donors (Lipinski definition) is 1. The van der Waals surface area contributed by atoms with Crippen molar-refractivity contribution in [3.63, 3.8) is 0 Å². The van der Waals surface area contributed by atoms with Gasteiger partial charge in [-0.15, -0.1) is 0 Å². The SMILES string of the molecule is COc1c(C2CCN([C@H]3C[C@H](OC4CCN(C(=O)OC(C)(C)C)CC4)C3)CC2)ccc2c1CN(C(CCC(=O)OC(C)(C)C)C(N)=O)C2=O. The maximum absolute atomic E-state index is 13.5. The van der Waals surface area contributed by atoms with Gasteiger partial charge in [0, 0.05) is 36.7 Å². The summed E-state index contributed by atoms with van der Waals surface area (Å²) in [5.41, 5.74) is 6.98. The van der Waals surface area contributed by atoms with Gasteiger partial charge in [0.25, 0.3) is 5.91 Å². The number of piperidine rings is 2. The molecule has 1 aliphatic carbocycles. The number of methoxy groups -OCH3 is 1. The van der Waals surface area contributed by atoms with Gasteiger partial charge in [-0.25, -0.2) is 4.79 Å². The molecule has 272 valence electrons. The number of ether oxygens (including phenoxy) is 4. The summed E-state index contributed by atoms with van der Waals surface area (Å²) in [5.74, 6) is -0.364. The van der Waals surface area contributed by atoms with E-state index < -0.39 is 29.1 Å². The number of nitrogens with two attached hydrogens (primary N) is 1. The van der Waals surface area contributed by atoms with Crippen LogP contribution in [0.1, 0.15) is 120 Å². The fourth-order valence-corrected chi connectivity index (χ4v) is 7.61. The molecule has 3 amide bonds. The van der Waals surface area contributed by atoms with E-state index >= 15 is 0 Å². The molecule has 4 aliphatic rings. The zero-order valence-electron chi connectivity index (χ0n) is 30.4. The summed E-state index contributed by atoms with van der Waals surface area (Å²) in [6.07, 6.45) is 6.01. The van der Waals surface area contributed by atoms with E-state index in [1.807, 2.05) is 32.9 Å². The minimum Gasteiger partial charge on any atom is -0.496 e. The maximum Gasteiger partial charge on any atom is 0.410 e. The molecule has 3 heterocycles. The molecule has 1 saturated carbocycles. The highest BCUT2D eigenvalue weighted by atomic mass is 16.6. The highest BCUT2D eigenvalue weighted by molar-refractivity contribution is 6.02. The number of hydrogen-bond acceptors (Lipinski definition) is 9. The first-order chi connectivity index (χ1) is 23.0. The van der Waals surface area contributed by atoms with Crippen molar-refractivity contribution in [1.82, 2.24) is 14.7 Å². The smallest absolute Gasteiger partial charge is 0.410 e. The van der Waals surface area contributed by atoms with Crippen LogP contribution in [0.25, 0.3) is 0 Å². The number of primary amides is 1. The summed E-state index contributed by atoms with van der Waals surface area (Å²) in [5, 5.41) is 0. The van der Waals surface area contributed by atoms with Crippen molar-refractivity contribution in [2.75, 3.05) is 33.3 Å². The Morgan fingerprint density at radius 3 is 2.10 bits per heavy atom. The van der Waals surface area contributed by atoms with Gasteiger partial charge in [-0.05, 0) is 117 Å². The number of esters is 1. The Kier molecular flexibility index (Phi) is 11.2. The van der Waals surface area contributed by atoms with E-state index in [4.69, 9.17) is 24.7 Å². The molecule has 1 atom stereocenters. The molecular weight excluding hydrogens is 628 g/mol. The van der Waals surface area contributed by atoms with E-state index in [-0.39, 0.29) is 43.6 Å². The maximum atomic E-state index is 13.5. The largest absolute Gasteiger partial charge is 0.496 e. The molecule has 1 aromatic carbocycles. The summed E-state index contributed by atoms with van der Waals surface area (Å²) < 4.78 is 23.3. The third-order valence-electron chi connectivity index (χ3n) is 10.1. The predicted molar refractivity (Wildman–Crippen MR) is 183 cm³/mol. The molecule has 12 heteroatoms. The van der Waals surface area contributed by atoms with Crippen LogP contribution in [-0.2, 0) is 30.3 Å². The van der Waals surface area contributed by atoms with Crippen LogP contribution in [0.2, 0.25) is 0 Å². The van der Waals surface area contributed by atoms with Crippen LogP contribution in [0, 0.1) is 0 Å². The Bertz CT molecular complexity index is 1380. The van der Waals surface area contributed by atoms with E-state index in [1.54, 1.807) is 32.8 Å². The Labute approximate surface area is 290 Å². The number of benzene rings is 1. The summed E-state index contributed by atoms with van der Waals surface area (Å²) in [6.45, 7) is 14.5. The first-order valence-electron chi connectivity index (χ1n) is 17.9. The van der Waals surface area contributed by atoms with Crippen LogP contribution in [0.5, 0.6) is 5.75 Å². The first-order valence-corrected chi connectivity index (χ1v) is 17.9. The summed E-state index contributed by atoms with van der Waals surface area (Å²) in [7, 11) is 1.63. The lowest BCUT2D eigenvalue weighted by atomic mass is 9.82. The fourth-order valence-electron chi connectivity index (χ4n) is 7.61. The minimum absolute atomic E-state index is 0.0189. The van der Waals surface area contributed by atoms with E-state index in [0.717, 1.165) is 62.7 Å². The lowest BCUT2D eigenvalue weighted by Crippen LogP contribution is -2.52. The van der Waals surface area contributed by atoms with Gasteiger partial charge in [0.05, 0.1) is 25.9 Å². The van der Waals surface area contributed by atoms with Gasteiger partial charge in [-0.1, -0.05) is 6.07 Å². The number of carbonyl (C=O) groups excluding carboxylic acids is 4. The number of fused-ring (bicyclic) bond motifs is 1. The zero-order chi connectivity index (χ0) is 35.7. The van der Waals surface area contributed by atoms with Gasteiger partial charge in [0.15, 0.2) is 0 Å². The van der Waals surface area contributed by atoms with Crippen molar-refractivity contribution >= 4 is 23.9 Å². The Balaban J connectivity index is 1.10. The lowest BCUT2D eigenvalue weighted by molar-refractivity contribution is -0.155. The Morgan fingerprint density at radius 2 is 1.53 bits per heavy atom. The van der Waals surface area contributed by atoms with Gasteiger partial charge in [0.1, 0.15) is 23.0 Å². The van der Waals surface area contributed by atoms with Crippen molar-refractivity contribution in [3.8, 4) is 5.75 Å². The lowest BCUT2D eigenvalue weighted by Gasteiger charge is -2.47. The third kappa shape index (κ3) is 9.05. The second-order valence-electron chi connectivity index (χ2n) is 16.1. The third-order valence-corrected chi connectivity index (χ3v) is 10.1. The van der Waals surface area contributed by atoms with E-state index in [1.165, 1.54) is 4.90 Å². The van der Waals surface area contributed by atoms with Gasteiger partial charge in [-0.2, -0.15) is 0 Å². The molecule has 1 aromatic rings. The highest BCUT2D eigenvalue weighted by Crippen LogP contribution is 2.43. The number of rotatable bonds is 10. The van der Waals surface area contributed by atoms with Crippen LogP contribution in [-0.4, -0.2) is 107 Å². The Hall–Kier alpha value is -3.38. The number of likely N-dealkylation sites (tertiary alicyclic amines) is 2. The fraction of sp³-hybridized carbons (Fsp3) is 0.730. The summed E-state index contributed by atoms with van der Waals surface area (Å²) >= 11 is 0. The molecule has 5 rings (SSSR count).